The van der Waals surface area contributed by atoms with E-state index in [1.165, 1.54) is 122 Å². The van der Waals surface area contributed by atoms with Crippen molar-refractivity contribution in [2.24, 2.45) is 0 Å². The van der Waals surface area contributed by atoms with E-state index in [1.54, 1.807) is 20.8 Å². The van der Waals surface area contributed by atoms with Crippen molar-refractivity contribution in [2.75, 3.05) is 0 Å². The molecule has 0 atom stereocenters. The number of halogens is 44. The van der Waals surface area contributed by atoms with Crippen molar-refractivity contribution in [2.45, 2.75) is 104 Å². The molecule has 0 saturated heterocycles. The van der Waals surface area contributed by atoms with Gasteiger partial charge in [-0.1, -0.05) is 36.4 Å². The highest BCUT2D eigenvalue weighted by Gasteiger charge is 2.24. The van der Waals surface area contributed by atoms with Crippen molar-refractivity contribution in [1.82, 2.24) is 0 Å². The third kappa shape index (κ3) is 43.7. The maximum atomic E-state index is 12.4. The molecule has 804 valence electrons. The molecule has 0 aliphatic heterocycles. The second-order valence-corrected chi connectivity index (χ2v) is 29.9. The second-order valence-electron chi connectivity index (χ2n) is 29.9. The van der Waals surface area contributed by atoms with Gasteiger partial charge in [0.2, 0.25) is 5.82 Å². The highest BCUT2D eigenvalue weighted by molar-refractivity contribution is 5.29. The summed E-state index contributed by atoms with van der Waals surface area (Å²) in [6.45, 7) is 20.2. The minimum atomic E-state index is -2.13. The summed E-state index contributed by atoms with van der Waals surface area (Å²) in [5, 5.41) is 0. The topological polar surface area (TPSA) is 0 Å². The zero-order chi connectivity index (χ0) is 115. The number of benzene rings is 15. The lowest BCUT2D eigenvalue weighted by Crippen LogP contribution is -2.03. The Kier molecular flexibility index (Phi) is 55.4. The van der Waals surface area contributed by atoms with Gasteiger partial charge in [-0.15, -0.1) is 0 Å². The normalized spacial score (nSPS) is 9.98. The monoisotopic (exact) mass is 2170 g/mol. The van der Waals surface area contributed by atoms with E-state index in [0.717, 1.165) is 112 Å². The highest BCUT2D eigenvalue weighted by Crippen LogP contribution is 2.26. The lowest BCUT2D eigenvalue weighted by atomic mass is 10.2. The fourth-order valence-corrected chi connectivity index (χ4v) is 9.64. The number of hydrogen-bond donors (Lipinski definition) is 0. The third-order valence-corrected chi connectivity index (χ3v) is 18.0. The molecular weight excluding hydrogens is 2100 g/mol. The van der Waals surface area contributed by atoms with Gasteiger partial charge in [-0.2, -0.15) is 0 Å². The molecule has 15 rings (SSSR count). The Hall–Kier alpha value is -14.8. The third-order valence-electron chi connectivity index (χ3n) is 18.0. The first-order valence-corrected chi connectivity index (χ1v) is 40.8. The van der Waals surface area contributed by atoms with E-state index in [4.69, 9.17) is 0 Å². The van der Waals surface area contributed by atoms with Crippen LogP contribution in [-0.2, 0) is 0 Å². The average molecular weight is 2170 g/mol. The van der Waals surface area contributed by atoms with E-state index in [9.17, 15) is 193 Å². The number of rotatable bonds is 0. The molecule has 44 heteroatoms. The molecule has 0 amide bonds. The van der Waals surface area contributed by atoms with Crippen LogP contribution in [0.5, 0.6) is 0 Å². The molecule has 0 fully saturated rings. The Morgan fingerprint density at radius 1 is 0.101 bits per heavy atom. The Balaban J connectivity index is 0.000000799. The van der Waals surface area contributed by atoms with Gasteiger partial charge in [-0.3, -0.25) is 0 Å². The van der Waals surface area contributed by atoms with E-state index < -0.39 is 267 Å². The van der Waals surface area contributed by atoms with Crippen molar-refractivity contribution in [1.29, 1.82) is 0 Å². The van der Waals surface area contributed by atoms with Crippen molar-refractivity contribution < 1.29 is 193 Å². The summed E-state index contributed by atoms with van der Waals surface area (Å²) in [7, 11) is 0. The largest absolute Gasteiger partial charge is 0.207 e. The molecule has 0 bridgehead atoms. The molecule has 0 spiro atoms. The van der Waals surface area contributed by atoms with Gasteiger partial charge < -0.3 is 0 Å². The maximum absolute atomic E-state index is 12.4. The fourth-order valence-electron chi connectivity index (χ4n) is 9.64. The van der Waals surface area contributed by atoms with Crippen LogP contribution in [-0.4, -0.2) is 0 Å². The van der Waals surface area contributed by atoms with Gasteiger partial charge in [0.25, 0.3) is 0 Å². The molecule has 0 heterocycles. The highest BCUT2D eigenvalue weighted by atomic mass is 19.2. The summed E-state index contributed by atoms with van der Waals surface area (Å²) in [6.07, 6.45) is 0. The summed E-state index contributed by atoms with van der Waals surface area (Å²) in [4.78, 5) is 0. The number of aryl methyl sites for hydroxylation is 10. The maximum Gasteiger partial charge on any atom is 0.200 e. The van der Waals surface area contributed by atoms with Crippen LogP contribution in [0.25, 0.3) is 0 Å². The Bertz CT molecular complexity index is 6150. The zero-order valence-electron chi connectivity index (χ0n) is 79.0. The molecule has 15 aromatic rings. The van der Waals surface area contributed by atoms with E-state index in [0.29, 0.717) is 64.2 Å². The second kappa shape index (κ2) is 62.4. The van der Waals surface area contributed by atoms with E-state index in [-0.39, 0.29) is 45.3 Å². The van der Waals surface area contributed by atoms with E-state index >= 15 is 0 Å². The number of hydrogen-bond acceptors (Lipinski definition) is 0. The molecule has 0 saturated carbocycles. The standard InChI is InChI=1S/C7H3F5.3C7H4F4.5C7H5F3.6C7H6F2/c1-2-3(8)5(10)7(12)6(11)4(2)9;1-3-6(10)4(8)2-5(9)7(3)11;1-3-4(8)2-5(9)7(11)6(3)10;1-3-2-4(8)6(10)7(11)5(3)9;1-4-6(9)2-5(8)3-7(4)10;1-4-2-6(9)7(10)3-5(4)8;1-4-2-5(8)3-6(9)7(4)10;1-4-2-5(8)7(10)6(9)3-4;1-4-2-3-5(8)7(10)6(4)9;1-5-2-6(8)4-7(9)3-5;1-5-4-6(8)2-3-7(5)9;1-5-2-3-6(8)4-7(5)9;1-5-2-3-6(8)7(9)4-5;1-5-6(8)3-2-4-7(5)9;1-5-3-2-4-6(8)7(5)9/h1H3;3*2H,1H3;5*2-3H,1H3;6*2-4H,1H3. The van der Waals surface area contributed by atoms with Gasteiger partial charge in [0, 0.05) is 76.3 Å². The van der Waals surface area contributed by atoms with Crippen LogP contribution >= 0.6 is 0 Å². The van der Waals surface area contributed by atoms with Crippen molar-refractivity contribution >= 4 is 0 Å². The predicted octanol–water partition coefficient (Wildman–Crippen LogP) is 36.0. The smallest absolute Gasteiger partial charge is 0.200 e. The zero-order valence-corrected chi connectivity index (χ0v) is 79.0. The molecule has 0 nitrogen and oxygen atoms in total. The van der Waals surface area contributed by atoms with Crippen LogP contribution in [0, 0.1) is 360 Å². The molecule has 0 aliphatic carbocycles. The first-order chi connectivity index (χ1) is 68.8. The summed E-state index contributed by atoms with van der Waals surface area (Å²) in [5.74, 6) is -49.5. The van der Waals surface area contributed by atoms with Gasteiger partial charge >= 0.3 is 0 Å². The Labute approximate surface area is 821 Å². The molecule has 0 unspecified atom stereocenters. The molecule has 0 radical (unpaired) electrons. The van der Waals surface area contributed by atoms with Gasteiger partial charge in [0.1, 0.15) is 81.4 Å². The Morgan fingerprint density at radius 3 is 0.805 bits per heavy atom. The van der Waals surface area contributed by atoms with Crippen LogP contribution in [0.15, 0.2) is 188 Å². The van der Waals surface area contributed by atoms with E-state index in [2.05, 4.69) is 0 Å². The Morgan fingerprint density at radius 2 is 0.369 bits per heavy atom. The molecule has 0 N–H and O–H groups in total. The molecule has 149 heavy (non-hydrogen) atoms. The molecule has 15 aromatic carbocycles. The van der Waals surface area contributed by atoms with Crippen LogP contribution in [0.4, 0.5) is 193 Å². The molecule has 0 aliphatic rings. The van der Waals surface area contributed by atoms with Gasteiger partial charge in [-0.05, 0) is 263 Å². The van der Waals surface area contributed by atoms with Crippen LogP contribution in [0.2, 0.25) is 0 Å². The van der Waals surface area contributed by atoms with Crippen molar-refractivity contribution in [3.63, 3.8) is 0 Å². The quantitative estimate of drug-likeness (QED) is 0.0806. The summed E-state index contributed by atoms with van der Waals surface area (Å²) in [6, 6.07) is 31.2. The van der Waals surface area contributed by atoms with E-state index in [1.807, 2.05) is 0 Å². The summed E-state index contributed by atoms with van der Waals surface area (Å²) in [5.41, 5.74) is 0.729. The lowest BCUT2D eigenvalue weighted by Gasteiger charge is -2.02. The average Bonchev–Trinajstić information content (AvgIpc) is 0.803. The van der Waals surface area contributed by atoms with Crippen LogP contribution in [0.1, 0.15) is 83.5 Å². The van der Waals surface area contributed by atoms with Crippen molar-refractivity contribution in [3.8, 4) is 0 Å². The minimum Gasteiger partial charge on any atom is -0.207 e. The van der Waals surface area contributed by atoms with Crippen molar-refractivity contribution in [3.05, 3.63) is 527 Å². The first-order valence-electron chi connectivity index (χ1n) is 40.8. The summed E-state index contributed by atoms with van der Waals surface area (Å²) < 4.78 is 540. The molecule has 0 aromatic heterocycles. The van der Waals surface area contributed by atoms with Gasteiger partial charge in [0.05, 0.1) is 0 Å². The predicted molar refractivity (Wildman–Crippen MR) is 466 cm³/mol. The minimum absolute atomic E-state index is 0.0162. The fraction of sp³-hybridized carbons (Fsp3) is 0.143. The molecular formula is C105H76F44. The van der Waals surface area contributed by atoms with Crippen LogP contribution < -0.4 is 0 Å². The van der Waals surface area contributed by atoms with Crippen LogP contribution in [0.3, 0.4) is 0 Å². The summed E-state index contributed by atoms with van der Waals surface area (Å²) >= 11 is 0. The first kappa shape index (κ1) is 132. The SMILES string of the molecule is Cc1c(F)c(F)c(F)c(F)c1F.Cc1c(F)c(F)cc(F)c1F.Cc1c(F)cc(F)c(F)c1F.Cc1c(F)cc(F)cc1F.Cc1c(F)cccc1F.Cc1cc(F)c(F)c(F)c1.Cc1cc(F)c(F)c(F)c1F.Cc1cc(F)c(F)cc1F.Cc1cc(F)cc(F)c1.Cc1cc(F)cc(F)c1F.Cc1cc(F)ccc1F.Cc1ccc(F)c(F)c1.Cc1ccc(F)c(F)c1F.Cc1ccc(F)cc1F.Cc1cccc(F)c1F. The van der Waals surface area contributed by atoms with Gasteiger partial charge in [0.15, 0.2) is 169 Å². The lowest BCUT2D eigenvalue weighted by molar-refractivity contribution is 0.373. The van der Waals surface area contributed by atoms with Gasteiger partial charge in [-0.25, -0.2) is 193 Å².